The van der Waals surface area contributed by atoms with Crippen molar-refractivity contribution in [2.45, 2.75) is 32.1 Å². The largest absolute Gasteiger partial charge is 0.103 e. The molecule has 0 bridgehead atoms. The standard InChI is InChI=1S/C23H22/c1-2-3-4-5-6-8-17-15-20-13-11-18-9-7-10-19-12-14-21(16-17)23(20)22(18)19/h2,7,9-16H,1,3-6,8H2. The molecular weight excluding hydrogens is 276 g/mol. The van der Waals surface area contributed by atoms with Gasteiger partial charge in [-0.05, 0) is 63.6 Å². The topological polar surface area (TPSA) is 0 Å². The van der Waals surface area contributed by atoms with E-state index in [4.69, 9.17) is 0 Å². The second-order valence-electron chi connectivity index (χ2n) is 6.52. The van der Waals surface area contributed by atoms with Gasteiger partial charge >= 0.3 is 0 Å². The van der Waals surface area contributed by atoms with Gasteiger partial charge in [0.1, 0.15) is 0 Å². The molecule has 0 radical (unpaired) electrons. The number of rotatable bonds is 6. The minimum atomic E-state index is 1.14. The van der Waals surface area contributed by atoms with E-state index in [1.807, 2.05) is 6.08 Å². The van der Waals surface area contributed by atoms with E-state index in [-0.39, 0.29) is 0 Å². The van der Waals surface area contributed by atoms with Crippen LogP contribution >= 0.6 is 0 Å². The maximum absolute atomic E-state index is 3.80. The Balaban J connectivity index is 1.73. The van der Waals surface area contributed by atoms with Crippen molar-refractivity contribution in [2.24, 2.45) is 0 Å². The predicted octanol–water partition coefficient (Wildman–Crippen LogP) is 6.87. The number of hydrogen-bond acceptors (Lipinski definition) is 0. The van der Waals surface area contributed by atoms with E-state index in [0.29, 0.717) is 0 Å². The lowest BCUT2D eigenvalue weighted by atomic mass is 9.92. The molecule has 0 aliphatic carbocycles. The molecule has 4 aromatic rings. The lowest BCUT2D eigenvalue weighted by Crippen LogP contribution is -1.89. The fraction of sp³-hybridized carbons (Fsp3) is 0.217. The van der Waals surface area contributed by atoms with Crippen LogP contribution in [0, 0.1) is 0 Å². The van der Waals surface area contributed by atoms with E-state index in [9.17, 15) is 0 Å². The van der Waals surface area contributed by atoms with E-state index < -0.39 is 0 Å². The molecule has 0 aliphatic heterocycles. The smallest absolute Gasteiger partial charge is 0.00266 e. The summed E-state index contributed by atoms with van der Waals surface area (Å²) in [5.41, 5.74) is 1.47. The molecule has 0 unspecified atom stereocenters. The van der Waals surface area contributed by atoms with Gasteiger partial charge in [-0.2, -0.15) is 0 Å². The number of benzene rings is 4. The highest BCUT2D eigenvalue weighted by atomic mass is 14.1. The quantitative estimate of drug-likeness (QED) is 0.207. The van der Waals surface area contributed by atoms with E-state index >= 15 is 0 Å². The fourth-order valence-electron chi connectivity index (χ4n) is 3.76. The van der Waals surface area contributed by atoms with Crippen LogP contribution in [-0.2, 0) is 6.42 Å². The summed E-state index contributed by atoms with van der Waals surface area (Å²) in [7, 11) is 0. The average Bonchev–Trinajstić information content (AvgIpc) is 2.59. The van der Waals surface area contributed by atoms with E-state index in [2.05, 4.69) is 61.2 Å². The lowest BCUT2D eigenvalue weighted by Gasteiger charge is -2.12. The third-order valence-corrected chi connectivity index (χ3v) is 4.90. The van der Waals surface area contributed by atoms with Crippen molar-refractivity contribution in [3.05, 3.63) is 72.8 Å². The van der Waals surface area contributed by atoms with Gasteiger partial charge in [-0.25, -0.2) is 0 Å². The Morgan fingerprint density at radius 1 is 0.696 bits per heavy atom. The van der Waals surface area contributed by atoms with E-state index in [1.54, 1.807) is 0 Å². The van der Waals surface area contributed by atoms with Crippen LogP contribution in [0.15, 0.2) is 67.3 Å². The SMILES string of the molecule is C=CCCCCCc1cc2ccc3cccc4ccc(c1)c2c34. The number of unbranched alkanes of at least 4 members (excludes halogenated alkanes) is 3. The van der Waals surface area contributed by atoms with Crippen LogP contribution in [0.25, 0.3) is 32.3 Å². The third-order valence-electron chi connectivity index (χ3n) is 4.90. The first-order valence-electron chi connectivity index (χ1n) is 8.64. The molecule has 0 heteroatoms. The summed E-state index contributed by atoms with van der Waals surface area (Å²) in [6, 6.07) is 20.5. The zero-order valence-electron chi connectivity index (χ0n) is 13.5. The number of hydrogen-bond donors (Lipinski definition) is 0. The van der Waals surface area contributed by atoms with Crippen molar-refractivity contribution in [3.63, 3.8) is 0 Å². The summed E-state index contributed by atoms with van der Waals surface area (Å²) < 4.78 is 0. The van der Waals surface area contributed by atoms with Gasteiger partial charge in [0.25, 0.3) is 0 Å². The Morgan fingerprint density at radius 2 is 1.30 bits per heavy atom. The van der Waals surface area contributed by atoms with Gasteiger partial charge in [0.15, 0.2) is 0 Å². The molecule has 0 saturated heterocycles. The van der Waals surface area contributed by atoms with Crippen LogP contribution in [0.4, 0.5) is 0 Å². The maximum Gasteiger partial charge on any atom is -0.00266 e. The Kier molecular flexibility index (Phi) is 3.75. The molecule has 0 spiro atoms. The molecule has 0 atom stereocenters. The van der Waals surface area contributed by atoms with E-state index in [1.165, 1.54) is 63.6 Å². The minimum absolute atomic E-state index is 1.14. The van der Waals surface area contributed by atoms with Gasteiger partial charge in [-0.1, -0.05) is 67.1 Å². The first-order chi connectivity index (χ1) is 11.4. The lowest BCUT2D eigenvalue weighted by molar-refractivity contribution is 0.688. The molecule has 4 rings (SSSR count). The van der Waals surface area contributed by atoms with Gasteiger partial charge in [0.2, 0.25) is 0 Å². The average molecular weight is 298 g/mol. The Hall–Kier alpha value is -2.34. The van der Waals surface area contributed by atoms with Crippen molar-refractivity contribution in [1.82, 2.24) is 0 Å². The maximum atomic E-state index is 3.80. The van der Waals surface area contributed by atoms with Crippen molar-refractivity contribution in [2.75, 3.05) is 0 Å². The Morgan fingerprint density at radius 3 is 1.96 bits per heavy atom. The summed E-state index contributed by atoms with van der Waals surface area (Å²) >= 11 is 0. The highest BCUT2D eigenvalue weighted by molar-refractivity contribution is 6.23. The third kappa shape index (κ3) is 2.59. The van der Waals surface area contributed by atoms with Crippen molar-refractivity contribution < 1.29 is 0 Å². The summed E-state index contributed by atoms with van der Waals surface area (Å²) in [6.07, 6.45) is 8.15. The second kappa shape index (κ2) is 6.04. The predicted molar refractivity (Wildman–Crippen MR) is 103 cm³/mol. The minimum Gasteiger partial charge on any atom is -0.103 e. The highest BCUT2D eigenvalue weighted by Crippen LogP contribution is 2.35. The summed E-state index contributed by atoms with van der Waals surface area (Å²) in [5.74, 6) is 0. The van der Waals surface area contributed by atoms with Gasteiger partial charge in [-0.3, -0.25) is 0 Å². The monoisotopic (exact) mass is 298 g/mol. The summed E-state index contributed by atoms with van der Waals surface area (Å²) in [6.45, 7) is 3.80. The normalized spacial score (nSPS) is 11.7. The van der Waals surface area contributed by atoms with Crippen LogP contribution in [-0.4, -0.2) is 0 Å². The first-order valence-corrected chi connectivity index (χ1v) is 8.64. The van der Waals surface area contributed by atoms with Crippen molar-refractivity contribution in [3.8, 4) is 0 Å². The van der Waals surface area contributed by atoms with Gasteiger partial charge < -0.3 is 0 Å². The summed E-state index contributed by atoms with van der Waals surface area (Å²) in [4.78, 5) is 0. The highest BCUT2D eigenvalue weighted by Gasteiger charge is 2.08. The first kappa shape index (κ1) is 14.3. The van der Waals surface area contributed by atoms with Crippen molar-refractivity contribution >= 4 is 32.3 Å². The fourth-order valence-corrected chi connectivity index (χ4v) is 3.76. The Bertz CT molecular complexity index is 898. The summed E-state index contributed by atoms with van der Waals surface area (Å²) in [5, 5.41) is 8.30. The number of aryl methyl sites for hydroxylation is 1. The van der Waals surface area contributed by atoms with Crippen LogP contribution in [0.1, 0.15) is 31.2 Å². The van der Waals surface area contributed by atoms with Gasteiger partial charge in [-0.15, -0.1) is 6.58 Å². The molecule has 114 valence electrons. The van der Waals surface area contributed by atoms with Crippen LogP contribution in [0.3, 0.4) is 0 Å². The van der Waals surface area contributed by atoms with Gasteiger partial charge in [0.05, 0.1) is 0 Å². The molecule has 0 fully saturated rings. The van der Waals surface area contributed by atoms with Crippen LogP contribution in [0.5, 0.6) is 0 Å². The zero-order chi connectivity index (χ0) is 15.6. The molecule has 0 N–H and O–H groups in total. The second-order valence-corrected chi connectivity index (χ2v) is 6.52. The molecule has 0 aliphatic rings. The van der Waals surface area contributed by atoms with Crippen LogP contribution < -0.4 is 0 Å². The zero-order valence-corrected chi connectivity index (χ0v) is 13.5. The number of allylic oxidation sites excluding steroid dienone is 1. The molecule has 0 aromatic heterocycles. The van der Waals surface area contributed by atoms with E-state index in [0.717, 1.165) is 6.42 Å². The Labute approximate surface area is 137 Å². The molecular formula is C23H22. The van der Waals surface area contributed by atoms with Crippen LogP contribution in [0.2, 0.25) is 0 Å². The molecule has 0 amide bonds. The molecule has 4 aromatic carbocycles. The van der Waals surface area contributed by atoms with Gasteiger partial charge in [0, 0.05) is 0 Å². The molecule has 23 heavy (non-hydrogen) atoms. The molecule has 0 heterocycles. The molecule has 0 saturated carbocycles. The molecule has 0 nitrogen and oxygen atoms in total. The van der Waals surface area contributed by atoms with Crippen molar-refractivity contribution in [1.29, 1.82) is 0 Å².